The van der Waals surface area contributed by atoms with Crippen LogP contribution >= 0.6 is 7.82 Å². The average Bonchev–Trinajstić information content (AvgIpc) is 3.13. The van der Waals surface area contributed by atoms with Gasteiger partial charge in [0.25, 0.3) is 0 Å². The van der Waals surface area contributed by atoms with Gasteiger partial charge in [-0.2, -0.15) is 0 Å². The maximum atomic E-state index is 12.8. The minimum Gasteiger partial charge on any atom is -0.393 e. The Kier molecular flexibility index (Phi) is 37.5. The average molecular weight is 769 g/mol. The standard InChI is InChI=1S/C43H81N2O7P/c1-3-5-7-9-11-13-15-17-19-20-21-22-24-26-28-30-32-34-40(46)38-43(48)45-41(39-52-53(49,50)51-37-36-44)42(47)35-33-31-29-27-25-23-18-16-14-12-10-8-6-4-2/h11,13,15,17,25,27,33,35,40-42,46-47H,3-10,12,14,16,18-24,26,28-32,34,36-39,44H2,1-2H3,(H,45,48)(H,49,50)/b13-11-,17-15-,27-25+,35-33+. The molecule has 0 bridgehead atoms. The van der Waals surface area contributed by atoms with E-state index in [-0.39, 0.29) is 19.6 Å². The van der Waals surface area contributed by atoms with E-state index in [0.717, 1.165) is 38.5 Å². The van der Waals surface area contributed by atoms with Crippen LogP contribution in [0.3, 0.4) is 0 Å². The first kappa shape index (κ1) is 51.4. The SMILES string of the molecule is CCCCC/C=C\C=C/CCCCCCCCCCC(O)CC(=O)NC(COP(=O)(O)OCCN)C(O)/C=C/CC/C=C/CCCCCCCCCC. The molecule has 310 valence electrons. The molecule has 0 saturated carbocycles. The first-order chi connectivity index (χ1) is 25.8. The zero-order chi connectivity index (χ0) is 39.1. The van der Waals surface area contributed by atoms with Crippen LogP contribution in [0.5, 0.6) is 0 Å². The van der Waals surface area contributed by atoms with Gasteiger partial charge in [-0.1, -0.05) is 165 Å². The number of unbranched alkanes of at least 4 members (excludes halogenated alkanes) is 20. The Morgan fingerprint density at radius 3 is 1.72 bits per heavy atom. The van der Waals surface area contributed by atoms with Crippen molar-refractivity contribution in [1.29, 1.82) is 0 Å². The zero-order valence-electron chi connectivity index (χ0n) is 33.9. The second-order valence-electron chi connectivity index (χ2n) is 14.4. The molecule has 6 N–H and O–H groups in total. The molecule has 0 aromatic rings. The lowest BCUT2D eigenvalue weighted by Gasteiger charge is -2.24. The molecule has 0 fully saturated rings. The fourth-order valence-corrected chi connectivity index (χ4v) is 6.71. The highest BCUT2D eigenvalue weighted by molar-refractivity contribution is 7.47. The molecule has 10 heteroatoms. The Hall–Kier alpha value is -1.58. The van der Waals surface area contributed by atoms with Gasteiger partial charge in [0.2, 0.25) is 5.91 Å². The van der Waals surface area contributed by atoms with Gasteiger partial charge >= 0.3 is 7.82 Å². The summed E-state index contributed by atoms with van der Waals surface area (Å²) in [5, 5.41) is 24.0. The van der Waals surface area contributed by atoms with Gasteiger partial charge in [0, 0.05) is 6.54 Å². The largest absolute Gasteiger partial charge is 0.472 e. The van der Waals surface area contributed by atoms with E-state index >= 15 is 0 Å². The molecular weight excluding hydrogens is 687 g/mol. The summed E-state index contributed by atoms with van der Waals surface area (Å²) in [5.41, 5.74) is 5.35. The van der Waals surface area contributed by atoms with Crippen molar-refractivity contribution in [1.82, 2.24) is 5.32 Å². The summed E-state index contributed by atoms with van der Waals surface area (Å²) in [6.45, 7) is 3.90. The van der Waals surface area contributed by atoms with Crippen LogP contribution in [0.4, 0.5) is 0 Å². The minimum atomic E-state index is -4.41. The van der Waals surface area contributed by atoms with Gasteiger partial charge in [-0.3, -0.25) is 13.8 Å². The molecule has 0 rings (SSSR count). The summed E-state index contributed by atoms with van der Waals surface area (Å²) in [5.74, 6) is -0.462. The number of aliphatic hydroxyl groups is 2. The third-order valence-electron chi connectivity index (χ3n) is 9.21. The number of nitrogens with one attached hydrogen (secondary N) is 1. The van der Waals surface area contributed by atoms with Crippen molar-refractivity contribution in [3.05, 3.63) is 48.6 Å². The summed E-state index contributed by atoms with van der Waals surface area (Å²) in [7, 11) is -4.41. The number of phosphoric ester groups is 1. The van der Waals surface area contributed by atoms with Crippen molar-refractivity contribution < 1.29 is 33.5 Å². The molecule has 0 aliphatic rings. The fraction of sp³-hybridized carbons (Fsp3) is 0.791. The van der Waals surface area contributed by atoms with Crippen LogP contribution in [-0.4, -0.2) is 59.0 Å². The number of rotatable bonds is 39. The van der Waals surface area contributed by atoms with Crippen LogP contribution in [0, 0.1) is 0 Å². The lowest BCUT2D eigenvalue weighted by molar-refractivity contribution is -0.124. The summed E-state index contributed by atoms with van der Waals surface area (Å²) in [6.07, 6.45) is 43.3. The highest BCUT2D eigenvalue weighted by Gasteiger charge is 2.27. The van der Waals surface area contributed by atoms with Gasteiger partial charge in [0.1, 0.15) is 0 Å². The first-order valence-electron chi connectivity index (χ1n) is 21.4. The predicted octanol–water partition coefficient (Wildman–Crippen LogP) is 10.7. The number of allylic oxidation sites excluding steroid dienone is 7. The van der Waals surface area contributed by atoms with Crippen LogP contribution in [-0.2, 0) is 18.4 Å². The van der Waals surface area contributed by atoms with Crippen molar-refractivity contribution >= 4 is 13.7 Å². The van der Waals surface area contributed by atoms with Crippen molar-refractivity contribution in [2.75, 3.05) is 19.8 Å². The number of nitrogens with two attached hydrogens (primary N) is 1. The second kappa shape index (κ2) is 38.7. The van der Waals surface area contributed by atoms with Crippen LogP contribution in [0.2, 0.25) is 0 Å². The molecule has 0 spiro atoms. The van der Waals surface area contributed by atoms with Gasteiger partial charge in [0.15, 0.2) is 0 Å². The number of phosphoric acid groups is 1. The van der Waals surface area contributed by atoms with E-state index in [9.17, 15) is 24.5 Å². The van der Waals surface area contributed by atoms with Crippen LogP contribution in [0.25, 0.3) is 0 Å². The van der Waals surface area contributed by atoms with Crippen molar-refractivity contribution in [2.45, 2.75) is 199 Å². The Labute approximate surface area is 325 Å². The number of carbonyl (C=O) groups excluding carboxylic acids is 1. The third-order valence-corrected chi connectivity index (χ3v) is 10.2. The molecule has 0 heterocycles. The van der Waals surface area contributed by atoms with Crippen LogP contribution < -0.4 is 11.1 Å². The molecule has 0 aliphatic carbocycles. The second-order valence-corrected chi connectivity index (χ2v) is 15.9. The van der Waals surface area contributed by atoms with Gasteiger partial charge in [-0.15, -0.1) is 0 Å². The highest BCUT2D eigenvalue weighted by Crippen LogP contribution is 2.43. The molecular formula is C43H81N2O7P. The molecule has 0 saturated heterocycles. The fourth-order valence-electron chi connectivity index (χ4n) is 5.95. The Morgan fingerprint density at radius 1 is 0.660 bits per heavy atom. The number of hydrogen-bond donors (Lipinski definition) is 5. The van der Waals surface area contributed by atoms with E-state index in [1.807, 2.05) is 6.08 Å². The molecule has 0 aromatic heterocycles. The normalized spacial score (nSPS) is 15.2. The predicted molar refractivity (Wildman–Crippen MR) is 223 cm³/mol. The zero-order valence-corrected chi connectivity index (χ0v) is 34.8. The Balaban J connectivity index is 4.38. The van der Waals surface area contributed by atoms with Crippen LogP contribution in [0.1, 0.15) is 181 Å². The molecule has 4 unspecified atom stereocenters. The smallest absolute Gasteiger partial charge is 0.393 e. The van der Waals surface area contributed by atoms with E-state index in [2.05, 4.69) is 55.6 Å². The van der Waals surface area contributed by atoms with Gasteiger partial charge < -0.3 is 26.2 Å². The van der Waals surface area contributed by atoms with Crippen molar-refractivity contribution in [3.8, 4) is 0 Å². The number of amides is 1. The molecule has 1 amide bonds. The van der Waals surface area contributed by atoms with E-state index in [4.69, 9.17) is 14.8 Å². The molecule has 0 aromatic carbocycles. The lowest BCUT2D eigenvalue weighted by Crippen LogP contribution is -2.46. The van der Waals surface area contributed by atoms with Gasteiger partial charge in [0.05, 0.1) is 37.9 Å². The summed E-state index contributed by atoms with van der Waals surface area (Å²) < 4.78 is 22.0. The Morgan fingerprint density at radius 2 is 1.13 bits per heavy atom. The molecule has 9 nitrogen and oxygen atoms in total. The minimum absolute atomic E-state index is 0.0423. The number of hydrogen-bond acceptors (Lipinski definition) is 7. The van der Waals surface area contributed by atoms with E-state index in [0.29, 0.717) is 12.8 Å². The third kappa shape index (κ3) is 37.1. The molecule has 0 radical (unpaired) electrons. The molecule has 4 atom stereocenters. The summed E-state index contributed by atoms with van der Waals surface area (Å²) in [6, 6.07) is -1.00. The van der Waals surface area contributed by atoms with Crippen LogP contribution in [0.15, 0.2) is 48.6 Å². The van der Waals surface area contributed by atoms with Crippen molar-refractivity contribution in [3.63, 3.8) is 0 Å². The lowest BCUT2D eigenvalue weighted by atomic mass is 10.0. The summed E-state index contributed by atoms with van der Waals surface area (Å²) in [4.78, 5) is 22.7. The van der Waals surface area contributed by atoms with E-state index < -0.39 is 38.6 Å². The van der Waals surface area contributed by atoms with E-state index in [1.54, 1.807) is 6.08 Å². The molecule has 53 heavy (non-hydrogen) atoms. The van der Waals surface area contributed by atoms with Gasteiger partial charge in [-0.05, 0) is 57.8 Å². The van der Waals surface area contributed by atoms with Gasteiger partial charge in [-0.25, -0.2) is 4.57 Å². The summed E-state index contributed by atoms with van der Waals surface area (Å²) >= 11 is 0. The topological polar surface area (TPSA) is 151 Å². The Bertz CT molecular complexity index is 988. The maximum Gasteiger partial charge on any atom is 0.472 e. The number of aliphatic hydroxyl groups excluding tert-OH is 2. The molecule has 0 aliphatic heterocycles. The first-order valence-corrected chi connectivity index (χ1v) is 22.9. The number of carbonyl (C=O) groups is 1. The highest BCUT2D eigenvalue weighted by atomic mass is 31.2. The maximum absolute atomic E-state index is 12.8. The van der Waals surface area contributed by atoms with E-state index in [1.165, 1.54) is 109 Å². The quantitative estimate of drug-likeness (QED) is 0.0179. The van der Waals surface area contributed by atoms with Crippen molar-refractivity contribution in [2.24, 2.45) is 5.73 Å². The monoisotopic (exact) mass is 769 g/mol.